The van der Waals surface area contributed by atoms with Gasteiger partial charge in [0, 0.05) is 6.20 Å². The van der Waals surface area contributed by atoms with Gasteiger partial charge in [0.15, 0.2) is 5.75 Å². The zero-order valence-corrected chi connectivity index (χ0v) is 11.2. The van der Waals surface area contributed by atoms with Crippen LogP contribution in [0.3, 0.4) is 0 Å². The molecule has 0 amide bonds. The second kappa shape index (κ2) is 4.66. The van der Waals surface area contributed by atoms with Crippen LogP contribution in [0.1, 0.15) is 27.7 Å². The van der Waals surface area contributed by atoms with Gasteiger partial charge in [0.2, 0.25) is 9.76 Å². The number of pyridine rings is 1. The highest BCUT2D eigenvalue weighted by atomic mass is 28.2. The fraction of sp³-hybridized carbons (Fsp3) is 0.545. The highest BCUT2D eigenvalue weighted by Crippen LogP contribution is 2.32. The van der Waals surface area contributed by atoms with Gasteiger partial charge < -0.3 is 9.41 Å². The molecule has 0 aromatic carbocycles. The Bertz CT molecular complexity index is 371. The summed E-state index contributed by atoms with van der Waals surface area (Å²) >= 11 is 0. The predicted octanol–water partition coefficient (Wildman–Crippen LogP) is 1.69. The summed E-state index contributed by atoms with van der Waals surface area (Å²) in [6, 6.07) is 3.51. The molecule has 1 aromatic heterocycles. The van der Waals surface area contributed by atoms with Gasteiger partial charge in [-0.05, 0) is 23.1 Å². The maximum Gasteiger partial charge on any atom is 0.288 e. The van der Waals surface area contributed by atoms with Crippen molar-refractivity contribution in [1.82, 2.24) is 4.98 Å². The molecule has 4 heteroatoms. The zero-order valence-electron chi connectivity index (χ0n) is 9.83. The Balaban J connectivity index is 2.66. The Morgan fingerprint density at radius 1 is 1.47 bits per heavy atom. The number of nitrogens with one attached hydrogen (secondary N) is 1. The molecule has 0 spiro atoms. The molecule has 1 N–H and O–H groups in total. The number of aromatic amines is 1. The van der Waals surface area contributed by atoms with E-state index in [1.807, 2.05) is 0 Å². The summed E-state index contributed by atoms with van der Waals surface area (Å²) in [6.45, 7) is 8.76. The topological polar surface area (TPSA) is 42.1 Å². The molecule has 3 nitrogen and oxygen atoms in total. The number of hydrogen-bond donors (Lipinski definition) is 1. The van der Waals surface area contributed by atoms with Gasteiger partial charge >= 0.3 is 0 Å². The minimum absolute atomic E-state index is 0.135. The van der Waals surface area contributed by atoms with Crippen molar-refractivity contribution >= 4 is 9.76 Å². The molecule has 0 bridgehead atoms. The molecule has 0 atom stereocenters. The van der Waals surface area contributed by atoms with Crippen LogP contribution in [0.15, 0.2) is 23.1 Å². The summed E-state index contributed by atoms with van der Waals surface area (Å²) in [5, 5.41) is 0.211. The number of hydrogen-bond acceptors (Lipinski definition) is 2. The predicted molar refractivity (Wildman–Crippen MR) is 65.1 cm³/mol. The van der Waals surface area contributed by atoms with Crippen LogP contribution >= 0.6 is 0 Å². The van der Waals surface area contributed by atoms with E-state index in [0.29, 0.717) is 11.7 Å². The van der Waals surface area contributed by atoms with Crippen LogP contribution in [-0.2, 0) is 0 Å². The van der Waals surface area contributed by atoms with Crippen molar-refractivity contribution < 1.29 is 4.43 Å². The average Bonchev–Trinajstić information content (AvgIpc) is 2.16. The first-order valence-corrected chi connectivity index (χ1v) is 6.52. The van der Waals surface area contributed by atoms with Crippen molar-refractivity contribution in [2.75, 3.05) is 0 Å². The smallest absolute Gasteiger partial charge is 0.288 e. The standard InChI is InChI=1S/C11H19NO2Si/c1-8(2)11(3,4)15-14-9-6-5-7-12-10(9)13/h5-8H,15H2,1-4H3,(H,12,13). The Labute approximate surface area is 92.8 Å². The first-order valence-electron chi connectivity index (χ1n) is 5.24. The summed E-state index contributed by atoms with van der Waals surface area (Å²) in [7, 11) is -0.748. The van der Waals surface area contributed by atoms with Gasteiger partial charge in [-0.15, -0.1) is 0 Å². The van der Waals surface area contributed by atoms with Crippen molar-refractivity contribution in [2.45, 2.75) is 32.7 Å². The second-order valence-electron chi connectivity index (χ2n) is 4.80. The molecular formula is C11H19NO2Si. The lowest BCUT2D eigenvalue weighted by molar-refractivity contribution is 0.426. The third-order valence-corrected chi connectivity index (χ3v) is 4.96. The third kappa shape index (κ3) is 3.23. The Kier molecular flexibility index (Phi) is 3.74. The SMILES string of the molecule is CC(C)C(C)(C)[SiH2]Oc1ccc[nH]c1=O. The van der Waals surface area contributed by atoms with E-state index >= 15 is 0 Å². The average molecular weight is 225 g/mol. The molecule has 0 aliphatic rings. The Morgan fingerprint density at radius 2 is 2.13 bits per heavy atom. The lowest BCUT2D eigenvalue weighted by Gasteiger charge is -2.27. The van der Waals surface area contributed by atoms with E-state index in [1.165, 1.54) is 0 Å². The van der Waals surface area contributed by atoms with Gasteiger partial charge in [-0.1, -0.05) is 27.7 Å². The number of H-pyrrole nitrogens is 1. The fourth-order valence-electron chi connectivity index (χ4n) is 0.950. The van der Waals surface area contributed by atoms with Crippen LogP contribution in [0.5, 0.6) is 5.75 Å². The van der Waals surface area contributed by atoms with Gasteiger partial charge in [-0.25, -0.2) is 0 Å². The van der Waals surface area contributed by atoms with E-state index in [-0.39, 0.29) is 10.6 Å². The molecular weight excluding hydrogens is 206 g/mol. The molecule has 84 valence electrons. The first kappa shape index (κ1) is 12.0. The maximum absolute atomic E-state index is 11.3. The molecule has 1 heterocycles. The lowest BCUT2D eigenvalue weighted by atomic mass is 9.99. The van der Waals surface area contributed by atoms with E-state index in [9.17, 15) is 4.79 Å². The number of rotatable bonds is 4. The van der Waals surface area contributed by atoms with Gasteiger partial charge in [0.05, 0.1) is 0 Å². The normalized spacial score (nSPS) is 12.6. The zero-order chi connectivity index (χ0) is 11.5. The third-order valence-electron chi connectivity index (χ3n) is 2.94. The maximum atomic E-state index is 11.3. The van der Waals surface area contributed by atoms with Crippen molar-refractivity contribution in [3.05, 3.63) is 28.7 Å². The van der Waals surface area contributed by atoms with E-state index in [2.05, 4.69) is 32.7 Å². The first-order chi connectivity index (χ1) is 6.93. The van der Waals surface area contributed by atoms with E-state index in [1.54, 1.807) is 18.3 Å². The van der Waals surface area contributed by atoms with Gasteiger partial charge in [0.1, 0.15) is 0 Å². The van der Waals surface area contributed by atoms with Crippen LogP contribution in [0.2, 0.25) is 5.04 Å². The minimum atomic E-state index is -0.748. The highest BCUT2D eigenvalue weighted by molar-refractivity contribution is 6.33. The molecule has 1 aromatic rings. The van der Waals surface area contributed by atoms with Crippen molar-refractivity contribution in [3.63, 3.8) is 0 Å². The van der Waals surface area contributed by atoms with E-state index in [4.69, 9.17) is 4.43 Å². The van der Waals surface area contributed by atoms with Crippen molar-refractivity contribution in [1.29, 1.82) is 0 Å². The fourth-order valence-corrected chi connectivity index (χ4v) is 2.04. The highest BCUT2D eigenvalue weighted by Gasteiger charge is 2.24. The summed E-state index contributed by atoms with van der Waals surface area (Å²) in [5.74, 6) is 1.03. The Morgan fingerprint density at radius 3 is 2.67 bits per heavy atom. The van der Waals surface area contributed by atoms with Crippen LogP contribution < -0.4 is 9.99 Å². The van der Waals surface area contributed by atoms with Crippen molar-refractivity contribution in [3.8, 4) is 5.75 Å². The molecule has 0 saturated carbocycles. The molecule has 0 radical (unpaired) electrons. The summed E-state index contributed by atoms with van der Waals surface area (Å²) in [6.07, 6.45) is 1.62. The minimum Gasteiger partial charge on any atom is -0.545 e. The molecule has 15 heavy (non-hydrogen) atoms. The van der Waals surface area contributed by atoms with Crippen LogP contribution in [0, 0.1) is 5.92 Å². The molecule has 0 saturated heterocycles. The quantitative estimate of drug-likeness (QED) is 0.792. The number of aromatic nitrogens is 1. The van der Waals surface area contributed by atoms with Crippen LogP contribution in [0.25, 0.3) is 0 Å². The van der Waals surface area contributed by atoms with Gasteiger partial charge in [-0.2, -0.15) is 0 Å². The van der Waals surface area contributed by atoms with Crippen LogP contribution in [0.4, 0.5) is 0 Å². The van der Waals surface area contributed by atoms with E-state index < -0.39 is 9.76 Å². The summed E-state index contributed by atoms with van der Waals surface area (Å²) < 4.78 is 5.66. The molecule has 0 fully saturated rings. The monoisotopic (exact) mass is 225 g/mol. The molecule has 1 rings (SSSR count). The Hall–Kier alpha value is -1.03. The van der Waals surface area contributed by atoms with Crippen LogP contribution in [-0.4, -0.2) is 14.7 Å². The van der Waals surface area contributed by atoms with Gasteiger partial charge in [-0.3, -0.25) is 4.79 Å². The molecule has 0 unspecified atom stereocenters. The van der Waals surface area contributed by atoms with Crippen molar-refractivity contribution in [2.24, 2.45) is 5.92 Å². The second-order valence-corrected chi connectivity index (χ2v) is 7.20. The lowest BCUT2D eigenvalue weighted by Crippen LogP contribution is -2.26. The summed E-state index contributed by atoms with van der Waals surface area (Å²) in [5.41, 5.74) is -0.135. The van der Waals surface area contributed by atoms with Gasteiger partial charge in [0.25, 0.3) is 5.56 Å². The summed E-state index contributed by atoms with van der Waals surface area (Å²) in [4.78, 5) is 14.0. The largest absolute Gasteiger partial charge is 0.545 e. The molecule has 0 aliphatic heterocycles. The molecule has 0 aliphatic carbocycles. The van der Waals surface area contributed by atoms with E-state index in [0.717, 1.165) is 0 Å².